The first-order valence-electron chi connectivity index (χ1n) is 7.72. The number of benzene rings is 1. The minimum Gasteiger partial charge on any atom is -0.461 e. The van der Waals surface area contributed by atoms with Crippen LogP contribution in [0.1, 0.15) is 12.3 Å². The van der Waals surface area contributed by atoms with Gasteiger partial charge in [0, 0.05) is 35.1 Å². The number of thioether (sulfide) groups is 1. The smallest absolute Gasteiger partial charge is 0.238 e. The van der Waals surface area contributed by atoms with E-state index in [-0.39, 0.29) is 5.91 Å². The van der Waals surface area contributed by atoms with E-state index in [1.807, 2.05) is 24.3 Å². The summed E-state index contributed by atoms with van der Waals surface area (Å²) in [6.45, 7) is 0.591. The number of nitrogens with zero attached hydrogens (tertiary/aromatic N) is 2. The van der Waals surface area contributed by atoms with Crippen molar-refractivity contribution >= 4 is 29.3 Å². The molecular weight excluding hydrogens is 362 g/mol. The van der Waals surface area contributed by atoms with Gasteiger partial charge in [-0.3, -0.25) is 4.79 Å². The van der Waals surface area contributed by atoms with Crippen molar-refractivity contribution < 1.29 is 13.7 Å². The Balaban J connectivity index is 1.35. The summed E-state index contributed by atoms with van der Waals surface area (Å²) < 4.78 is 10.3. The standard InChI is InChI=1S/C17H16ClN3O3S/c18-12-3-5-13(6-4-12)25-11-9-19-15(22)7-8-16-20-17(21-24-16)14-2-1-10-23-14/h1-6,10H,7-9,11H2,(H,19,22). The summed E-state index contributed by atoms with van der Waals surface area (Å²) in [6, 6.07) is 11.1. The van der Waals surface area contributed by atoms with Gasteiger partial charge in [0.15, 0.2) is 5.76 Å². The monoisotopic (exact) mass is 377 g/mol. The van der Waals surface area contributed by atoms with Crippen LogP contribution in [-0.4, -0.2) is 28.3 Å². The number of amides is 1. The molecule has 0 aliphatic carbocycles. The Bertz CT molecular complexity index is 803. The predicted octanol–water partition coefficient (Wildman–Crippen LogP) is 3.82. The fourth-order valence-corrected chi connectivity index (χ4v) is 2.96. The summed E-state index contributed by atoms with van der Waals surface area (Å²) in [6.07, 6.45) is 2.23. The van der Waals surface area contributed by atoms with Crippen molar-refractivity contribution in [2.45, 2.75) is 17.7 Å². The number of halogens is 1. The number of hydrogen-bond donors (Lipinski definition) is 1. The molecule has 0 radical (unpaired) electrons. The molecule has 1 aromatic carbocycles. The lowest BCUT2D eigenvalue weighted by atomic mass is 10.3. The first-order chi connectivity index (χ1) is 12.2. The van der Waals surface area contributed by atoms with Crippen LogP contribution in [0, 0.1) is 0 Å². The van der Waals surface area contributed by atoms with E-state index in [9.17, 15) is 4.79 Å². The number of aromatic nitrogens is 2. The molecule has 0 spiro atoms. The molecule has 1 N–H and O–H groups in total. The highest BCUT2D eigenvalue weighted by atomic mass is 35.5. The number of furan rings is 1. The lowest BCUT2D eigenvalue weighted by Gasteiger charge is -2.04. The molecular formula is C17H16ClN3O3S. The third-order valence-electron chi connectivity index (χ3n) is 3.28. The molecule has 0 saturated heterocycles. The summed E-state index contributed by atoms with van der Waals surface area (Å²) in [4.78, 5) is 17.2. The van der Waals surface area contributed by atoms with Gasteiger partial charge in [-0.1, -0.05) is 16.8 Å². The molecule has 3 rings (SSSR count). The highest BCUT2D eigenvalue weighted by Gasteiger charge is 2.12. The van der Waals surface area contributed by atoms with Gasteiger partial charge in [-0.05, 0) is 36.4 Å². The fourth-order valence-electron chi connectivity index (χ4n) is 2.06. The lowest BCUT2D eigenvalue weighted by molar-refractivity contribution is -0.121. The molecule has 1 amide bonds. The van der Waals surface area contributed by atoms with Crippen molar-refractivity contribution in [1.82, 2.24) is 15.5 Å². The van der Waals surface area contributed by atoms with E-state index >= 15 is 0 Å². The zero-order valence-electron chi connectivity index (χ0n) is 13.3. The third kappa shape index (κ3) is 5.37. The Hall–Kier alpha value is -2.25. The zero-order chi connectivity index (χ0) is 17.5. The molecule has 0 saturated carbocycles. The molecule has 130 valence electrons. The minimum atomic E-state index is -0.0468. The maximum Gasteiger partial charge on any atom is 0.238 e. The number of rotatable bonds is 8. The van der Waals surface area contributed by atoms with Crippen molar-refractivity contribution in [2.24, 2.45) is 0 Å². The third-order valence-corrected chi connectivity index (χ3v) is 4.55. The first-order valence-corrected chi connectivity index (χ1v) is 9.08. The Kier molecular flexibility index (Phi) is 6.14. The topological polar surface area (TPSA) is 81.2 Å². The molecule has 2 aromatic heterocycles. The summed E-state index contributed by atoms with van der Waals surface area (Å²) in [7, 11) is 0. The Morgan fingerprint density at radius 1 is 1.24 bits per heavy atom. The average molecular weight is 378 g/mol. The van der Waals surface area contributed by atoms with E-state index in [4.69, 9.17) is 20.5 Å². The van der Waals surface area contributed by atoms with Gasteiger partial charge < -0.3 is 14.3 Å². The molecule has 0 aliphatic rings. The van der Waals surface area contributed by atoms with E-state index in [2.05, 4.69) is 15.5 Å². The maximum atomic E-state index is 11.9. The second-order valence-electron chi connectivity index (χ2n) is 5.14. The Morgan fingerprint density at radius 2 is 2.08 bits per heavy atom. The maximum absolute atomic E-state index is 11.9. The van der Waals surface area contributed by atoms with Crippen molar-refractivity contribution in [3.8, 4) is 11.6 Å². The van der Waals surface area contributed by atoms with Gasteiger partial charge in [0.1, 0.15) is 0 Å². The van der Waals surface area contributed by atoms with Crippen molar-refractivity contribution in [3.63, 3.8) is 0 Å². The Morgan fingerprint density at radius 3 is 2.84 bits per heavy atom. The van der Waals surface area contributed by atoms with E-state index in [1.165, 1.54) is 0 Å². The number of nitrogens with one attached hydrogen (secondary N) is 1. The summed E-state index contributed by atoms with van der Waals surface area (Å²) >= 11 is 7.50. The second kappa shape index (κ2) is 8.73. The van der Waals surface area contributed by atoms with Crippen LogP contribution < -0.4 is 5.32 Å². The Labute approximate surface area is 153 Å². The summed E-state index contributed by atoms with van der Waals surface area (Å²) in [5.41, 5.74) is 0. The van der Waals surface area contributed by atoms with Crippen LogP contribution in [0.15, 0.2) is 56.5 Å². The molecule has 2 heterocycles. The molecule has 0 fully saturated rings. The average Bonchev–Trinajstić information content (AvgIpc) is 3.29. The molecule has 0 unspecified atom stereocenters. The largest absolute Gasteiger partial charge is 0.461 e. The van der Waals surface area contributed by atoms with Gasteiger partial charge in [-0.15, -0.1) is 11.8 Å². The molecule has 6 nitrogen and oxygen atoms in total. The first kappa shape index (κ1) is 17.6. The van der Waals surface area contributed by atoms with Crippen LogP contribution in [-0.2, 0) is 11.2 Å². The van der Waals surface area contributed by atoms with E-state index in [1.54, 1.807) is 30.2 Å². The predicted molar refractivity (Wildman–Crippen MR) is 95.5 cm³/mol. The van der Waals surface area contributed by atoms with E-state index in [0.717, 1.165) is 10.6 Å². The summed E-state index contributed by atoms with van der Waals surface area (Å²) in [5.74, 6) is 2.08. The van der Waals surface area contributed by atoms with Crippen molar-refractivity contribution in [3.05, 3.63) is 53.6 Å². The van der Waals surface area contributed by atoms with Gasteiger partial charge in [-0.25, -0.2) is 0 Å². The number of hydrogen-bond acceptors (Lipinski definition) is 6. The molecule has 0 bridgehead atoms. The van der Waals surface area contributed by atoms with Crippen LogP contribution >= 0.6 is 23.4 Å². The molecule has 8 heteroatoms. The van der Waals surface area contributed by atoms with Crippen LogP contribution in [0.3, 0.4) is 0 Å². The SMILES string of the molecule is O=C(CCc1nc(-c2ccco2)no1)NCCSc1ccc(Cl)cc1. The summed E-state index contributed by atoms with van der Waals surface area (Å²) in [5, 5.41) is 7.42. The lowest BCUT2D eigenvalue weighted by Crippen LogP contribution is -2.25. The van der Waals surface area contributed by atoms with Crippen LogP contribution in [0.4, 0.5) is 0 Å². The zero-order valence-corrected chi connectivity index (χ0v) is 14.8. The normalized spacial score (nSPS) is 10.8. The van der Waals surface area contributed by atoms with Gasteiger partial charge in [0.25, 0.3) is 0 Å². The quantitative estimate of drug-likeness (QED) is 0.474. The fraction of sp³-hybridized carbons (Fsp3) is 0.235. The molecule has 0 atom stereocenters. The van der Waals surface area contributed by atoms with Gasteiger partial charge in [0.2, 0.25) is 17.6 Å². The molecule has 25 heavy (non-hydrogen) atoms. The number of aryl methyl sites for hydroxylation is 1. The van der Waals surface area contributed by atoms with E-state index in [0.29, 0.717) is 41.9 Å². The molecule has 0 aliphatic heterocycles. The second-order valence-corrected chi connectivity index (χ2v) is 6.75. The van der Waals surface area contributed by atoms with Gasteiger partial charge in [-0.2, -0.15) is 4.98 Å². The highest BCUT2D eigenvalue weighted by Crippen LogP contribution is 2.19. The van der Waals surface area contributed by atoms with Gasteiger partial charge in [0.05, 0.1) is 6.26 Å². The molecule has 3 aromatic rings. The van der Waals surface area contributed by atoms with Gasteiger partial charge >= 0.3 is 0 Å². The van der Waals surface area contributed by atoms with Crippen LogP contribution in [0.2, 0.25) is 5.02 Å². The number of carbonyl (C=O) groups is 1. The van der Waals surface area contributed by atoms with Crippen LogP contribution in [0.5, 0.6) is 0 Å². The number of carbonyl (C=O) groups excluding carboxylic acids is 1. The van der Waals surface area contributed by atoms with Crippen LogP contribution in [0.25, 0.3) is 11.6 Å². The van der Waals surface area contributed by atoms with Crippen molar-refractivity contribution in [2.75, 3.05) is 12.3 Å². The minimum absolute atomic E-state index is 0.0468. The van der Waals surface area contributed by atoms with E-state index < -0.39 is 0 Å². The highest BCUT2D eigenvalue weighted by molar-refractivity contribution is 7.99. The van der Waals surface area contributed by atoms with Crippen molar-refractivity contribution in [1.29, 1.82) is 0 Å².